The minimum Gasteiger partial charge on any atom is -0.366 e. The first-order valence-electron chi connectivity index (χ1n) is 8.63. The Morgan fingerprint density at radius 3 is 2.29 bits per heavy atom. The molecule has 1 amide bonds. The van der Waals surface area contributed by atoms with Crippen molar-refractivity contribution in [3.05, 3.63) is 65.2 Å². The molecule has 7 heteroatoms. The van der Waals surface area contributed by atoms with Crippen molar-refractivity contribution in [2.24, 2.45) is 5.73 Å². The number of amides is 1. The molecule has 0 radical (unpaired) electrons. The molecule has 0 bridgehead atoms. The van der Waals surface area contributed by atoms with E-state index in [9.17, 15) is 18.0 Å². The number of alkyl halides is 3. The highest BCUT2D eigenvalue weighted by Gasteiger charge is 2.30. The van der Waals surface area contributed by atoms with Crippen molar-refractivity contribution in [1.82, 2.24) is 4.98 Å². The molecule has 3 rings (SSSR count). The number of hydrogen-bond donors (Lipinski definition) is 2. The van der Waals surface area contributed by atoms with Gasteiger partial charge in [-0.2, -0.15) is 13.2 Å². The van der Waals surface area contributed by atoms with Crippen molar-refractivity contribution in [2.45, 2.75) is 24.4 Å². The Morgan fingerprint density at radius 1 is 1.07 bits per heavy atom. The van der Waals surface area contributed by atoms with Gasteiger partial charge in [0.05, 0.1) is 16.8 Å². The number of nitrogens with two attached hydrogens (primary N) is 1. The van der Waals surface area contributed by atoms with Gasteiger partial charge >= 0.3 is 6.18 Å². The standard InChI is InChI=1S/C21H19F3N2OS/c1-3-16-17(20(25)27)19(13-5-4-6-15(11-13)28-2)26-18(16)12-7-9-14(10-8-12)21(22,23)24/h4-11,26H,3H2,1-2H3,(H2,25,27). The van der Waals surface area contributed by atoms with Crippen LogP contribution in [0.1, 0.15) is 28.4 Å². The number of thioether (sulfide) groups is 1. The minimum atomic E-state index is -4.40. The maximum absolute atomic E-state index is 12.9. The van der Waals surface area contributed by atoms with Gasteiger partial charge < -0.3 is 10.7 Å². The summed E-state index contributed by atoms with van der Waals surface area (Å²) >= 11 is 1.57. The van der Waals surface area contributed by atoms with Crippen molar-refractivity contribution >= 4 is 17.7 Å². The Kier molecular flexibility index (Phi) is 5.56. The van der Waals surface area contributed by atoms with Crippen molar-refractivity contribution in [1.29, 1.82) is 0 Å². The monoisotopic (exact) mass is 404 g/mol. The second-order valence-corrected chi connectivity index (χ2v) is 7.13. The van der Waals surface area contributed by atoms with E-state index < -0.39 is 17.6 Å². The third-order valence-electron chi connectivity index (χ3n) is 4.56. The maximum Gasteiger partial charge on any atom is 0.416 e. The van der Waals surface area contributed by atoms with Gasteiger partial charge in [-0.05, 0) is 53.6 Å². The van der Waals surface area contributed by atoms with Gasteiger partial charge in [0, 0.05) is 10.6 Å². The Morgan fingerprint density at radius 2 is 1.75 bits per heavy atom. The molecular formula is C21H19F3N2OS. The summed E-state index contributed by atoms with van der Waals surface area (Å²) in [4.78, 5) is 16.5. The topological polar surface area (TPSA) is 58.9 Å². The third kappa shape index (κ3) is 3.80. The Hall–Kier alpha value is -2.67. The summed E-state index contributed by atoms with van der Waals surface area (Å²) in [5.74, 6) is -0.573. The van der Waals surface area contributed by atoms with Crippen LogP contribution in [0.2, 0.25) is 0 Å². The number of carbonyl (C=O) groups excluding carboxylic acids is 1. The van der Waals surface area contributed by atoms with Crippen LogP contribution in [0.3, 0.4) is 0 Å². The molecule has 0 spiro atoms. The second-order valence-electron chi connectivity index (χ2n) is 6.25. The summed E-state index contributed by atoms with van der Waals surface area (Å²) < 4.78 is 38.6. The number of carbonyl (C=O) groups is 1. The molecule has 0 fully saturated rings. The molecule has 3 nitrogen and oxygen atoms in total. The van der Waals surface area contributed by atoms with Crippen molar-refractivity contribution < 1.29 is 18.0 Å². The van der Waals surface area contributed by atoms with Crippen LogP contribution in [0, 0.1) is 0 Å². The van der Waals surface area contributed by atoms with Gasteiger partial charge in [0.1, 0.15) is 0 Å². The minimum absolute atomic E-state index is 0.371. The highest BCUT2D eigenvalue weighted by molar-refractivity contribution is 7.98. The summed E-state index contributed by atoms with van der Waals surface area (Å²) in [5, 5.41) is 0. The second kappa shape index (κ2) is 7.75. The molecule has 0 unspecified atom stereocenters. The van der Waals surface area contributed by atoms with Gasteiger partial charge in [0.2, 0.25) is 0 Å². The summed E-state index contributed by atoms with van der Waals surface area (Å²) in [7, 11) is 0. The number of rotatable bonds is 5. The number of halogens is 3. The van der Waals surface area contributed by atoms with Gasteiger partial charge in [-0.3, -0.25) is 4.79 Å². The molecule has 28 heavy (non-hydrogen) atoms. The number of H-pyrrole nitrogens is 1. The molecule has 0 saturated carbocycles. The van der Waals surface area contributed by atoms with Crippen LogP contribution in [0.25, 0.3) is 22.5 Å². The molecule has 0 aliphatic heterocycles. The molecule has 2 aromatic carbocycles. The summed E-state index contributed by atoms with van der Waals surface area (Å²) in [6.07, 6.45) is -1.94. The SMILES string of the molecule is CCc1c(-c2ccc(C(F)(F)F)cc2)[nH]c(-c2cccc(SC)c2)c1C(N)=O. The van der Waals surface area contributed by atoms with E-state index in [1.807, 2.05) is 37.4 Å². The smallest absolute Gasteiger partial charge is 0.366 e. The predicted octanol–water partition coefficient (Wildman–Crippen LogP) is 5.75. The van der Waals surface area contributed by atoms with Crippen LogP contribution in [0.4, 0.5) is 13.2 Å². The quantitative estimate of drug-likeness (QED) is 0.532. The molecule has 0 atom stereocenters. The van der Waals surface area contributed by atoms with E-state index in [2.05, 4.69) is 4.98 Å². The first-order valence-corrected chi connectivity index (χ1v) is 9.85. The molecule has 3 aromatic rings. The largest absolute Gasteiger partial charge is 0.416 e. The number of nitrogens with one attached hydrogen (secondary N) is 1. The van der Waals surface area contributed by atoms with E-state index in [0.717, 1.165) is 22.6 Å². The van der Waals surface area contributed by atoms with Crippen molar-refractivity contribution in [3.8, 4) is 22.5 Å². The van der Waals surface area contributed by atoms with Crippen LogP contribution < -0.4 is 5.73 Å². The number of primary amides is 1. The van der Waals surface area contributed by atoms with Gasteiger partial charge in [-0.1, -0.05) is 31.2 Å². The van der Waals surface area contributed by atoms with Gasteiger partial charge in [0.25, 0.3) is 5.91 Å². The fourth-order valence-electron chi connectivity index (χ4n) is 3.23. The lowest BCUT2D eigenvalue weighted by Crippen LogP contribution is -2.13. The lowest BCUT2D eigenvalue weighted by atomic mass is 9.99. The van der Waals surface area contributed by atoms with E-state index in [-0.39, 0.29) is 0 Å². The Balaban J connectivity index is 2.18. The highest BCUT2D eigenvalue weighted by atomic mass is 32.2. The van der Waals surface area contributed by atoms with E-state index >= 15 is 0 Å². The van der Waals surface area contributed by atoms with Crippen LogP contribution in [-0.4, -0.2) is 17.1 Å². The van der Waals surface area contributed by atoms with E-state index in [1.165, 1.54) is 12.1 Å². The van der Waals surface area contributed by atoms with Gasteiger partial charge in [-0.25, -0.2) is 0 Å². The molecule has 3 N–H and O–H groups in total. The Labute approximate surface area is 165 Å². The number of hydrogen-bond acceptors (Lipinski definition) is 2. The predicted molar refractivity (Wildman–Crippen MR) is 106 cm³/mol. The molecule has 0 saturated heterocycles. The van der Waals surface area contributed by atoms with Crippen LogP contribution >= 0.6 is 11.8 Å². The van der Waals surface area contributed by atoms with Crippen LogP contribution in [0.5, 0.6) is 0 Å². The average Bonchev–Trinajstić information content (AvgIpc) is 3.07. The number of aromatic amines is 1. The number of benzene rings is 2. The molecule has 0 aliphatic rings. The fraction of sp³-hybridized carbons (Fsp3) is 0.190. The van der Waals surface area contributed by atoms with Crippen molar-refractivity contribution in [3.63, 3.8) is 0 Å². The zero-order valence-electron chi connectivity index (χ0n) is 15.4. The van der Waals surface area contributed by atoms with Crippen LogP contribution in [-0.2, 0) is 12.6 Å². The fourth-order valence-corrected chi connectivity index (χ4v) is 3.69. The van der Waals surface area contributed by atoms with Crippen LogP contribution in [0.15, 0.2) is 53.4 Å². The van der Waals surface area contributed by atoms with E-state index in [1.54, 1.807) is 11.8 Å². The molecule has 1 heterocycles. The van der Waals surface area contributed by atoms with Gasteiger partial charge in [-0.15, -0.1) is 11.8 Å². The average molecular weight is 404 g/mol. The summed E-state index contributed by atoms with van der Waals surface area (Å²) in [5.41, 5.74) is 8.56. The maximum atomic E-state index is 12.9. The molecule has 146 valence electrons. The lowest BCUT2D eigenvalue weighted by Gasteiger charge is -2.08. The van der Waals surface area contributed by atoms with E-state index in [0.29, 0.717) is 34.5 Å². The Bertz CT molecular complexity index is 1010. The first kappa shape index (κ1) is 20.1. The van der Waals surface area contributed by atoms with Gasteiger partial charge in [0.15, 0.2) is 0 Å². The molecular weight excluding hydrogens is 385 g/mol. The zero-order valence-corrected chi connectivity index (χ0v) is 16.2. The summed E-state index contributed by atoms with van der Waals surface area (Å²) in [6.45, 7) is 1.88. The highest BCUT2D eigenvalue weighted by Crippen LogP contribution is 2.36. The third-order valence-corrected chi connectivity index (χ3v) is 5.29. The molecule has 0 aliphatic carbocycles. The first-order chi connectivity index (χ1) is 13.3. The van der Waals surface area contributed by atoms with E-state index in [4.69, 9.17) is 5.73 Å². The number of aromatic nitrogens is 1. The lowest BCUT2D eigenvalue weighted by molar-refractivity contribution is -0.137. The zero-order chi connectivity index (χ0) is 20.5. The summed E-state index contributed by atoms with van der Waals surface area (Å²) in [6, 6.07) is 12.5. The molecule has 1 aromatic heterocycles. The normalized spacial score (nSPS) is 11.6. The van der Waals surface area contributed by atoms with Crippen molar-refractivity contribution in [2.75, 3.05) is 6.26 Å².